The smallest absolute Gasteiger partial charge is 0.309 e. The minimum Gasteiger partial charge on any atom is -0.460 e. The van der Waals surface area contributed by atoms with E-state index >= 15 is 0 Å². The Morgan fingerprint density at radius 3 is 2.45 bits per heavy atom. The minimum atomic E-state index is -1.19. The zero-order chi connectivity index (χ0) is 28.1. The average Bonchev–Trinajstić information content (AvgIpc) is 3.01. The highest BCUT2D eigenvalue weighted by atomic mass is 16.7. The van der Waals surface area contributed by atoms with E-state index in [1.807, 2.05) is 26.8 Å². The molecule has 10 heteroatoms. The number of allylic oxidation sites excluding steroid dienone is 1. The molecule has 1 aliphatic carbocycles. The van der Waals surface area contributed by atoms with Crippen molar-refractivity contribution in [3.63, 3.8) is 0 Å². The fourth-order valence-corrected chi connectivity index (χ4v) is 5.19. The SMILES string of the molecule is CO[C@@H](C(=O)N[C@H]1CC[C@@H](OC(=O)C2CCCCC2)CNC1=O)[C@@H]1OC(C)(C)O[C@H](/C=C/C(C)(C)C)[C@@H]1O. The molecule has 1 saturated carbocycles. The van der Waals surface area contributed by atoms with Crippen molar-refractivity contribution in [1.82, 2.24) is 10.6 Å². The standard InChI is InChI=1S/C28H46N2O8/c1-27(2,3)15-14-20-21(31)22(38-28(4,5)37-20)23(35-6)25(33)30-19-13-12-18(16-29-24(19)32)36-26(34)17-10-8-7-9-11-17/h14-15,17-23,31H,7-13,16H2,1-6H3,(H,29,32)(H,30,33)/b15-14+/t18-,19+,20-,21+,22-,23-/m1/s1. The molecule has 0 spiro atoms. The number of aliphatic hydroxyl groups excluding tert-OH is 1. The van der Waals surface area contributed by atoms with Gasteiger partial charge in [0.1, 0.15) is 30.5 Å². The molecule has 2 heterocycles. The molecular formula is C28H46N2O8. The van der Waals surface area contributed by atoms with E-state index in [-0.39, 0.29) is 29.8 Å². The van der Waals surface area contributed by atoms with Crippen molar-refractivity contribution in [2.75, 3.05) is 13.7 Å². The van der Waals surface area contributed by atoms with Gasteiger partial charge in [0.05, 0.1) is 12.5 Å². The lowest BCUT2D eigenvalue weighted by Gasteiger charge is -2.45. The van der Waals surface area contributed by atoms with Gasteiger partial charge in [-0.1, -0.05) is 52.2 Å². The summed E-state index contributed by atoms with van der Waals surface area (Å²) >= 11 is 0. The van der Waals surface area contributed by atoms with Gasteiger partial charge in [-0.2, -0.15) is 0 Å². The number of carbonyl (C=O) groups excluding carboxylic acids is 3. The Hall–Kier alpha value is -2.01. The molecule has 2 saturated heterocycles. The van der Waals surface area contributed by atoms with Crippen LogP contribution in [0.25, 0.3) is 0 Å². The summed E-state index contributed by atoms with van der Waals surface area (Å²) in [5.74, 6) is -2.29. The average molecular weight is 539 g/mol. The Morgan fingerprint density at radius 1 is 1.13 bits per heavy atom. The number of methoxy groups -OCH3 is 1. The van der Waals surface area contributed by atoms with Crippen molar-refractivity contribution in [2.24, 2.45) is 11.3 Å². The Labute approximate surface area is 226 Å². The first kappa shape index (κ1) is 30.5. The molecule has 3 N–H and O–H groups in total. The molecule has 0 aromatic rings. The van der Waals surface area contributed by atoms with Gasteiger partial charge in [-0.05, 0) is 44.9 Å². The van der Waals surface area contributed by atoms with Crippen LogP contribution >= 0.6 is 0 Å². The molecule has 2 amide bonds. The first-order valence-electron chi connectivity index (χ1n) is 13.8. The fraction of sp³-hybridized carbons (Fsp3) is 0.821. The number of hydrogen-bond donors (Lipinski definition) is 3. The molecular weight excluding hydrogens is 492 g/mol. The molecule has 6 atom stereocenters. The predicted molar refractivity (Wildman–Crippen MR) is 140 cm³/mol. The molecule has 10 nitrogen and oxygen atoms in total. The summed E-state index contributed by atoms with van der Waals surface area (Å²) in [4.78, 5) is 38.6. The van der Waals surface area contributed by atoms with Gasteiger partial charge in [0.25, 0.3) is 5.91 Å². The number of amides is 2. The zero-order valence-electron chi connectivity index (χ0n) is 23.7. The lowest BCUT2D eigenvalue weighted by Crippen LogP contribution is -2.62. The lowest BCUT2D eigenvalue weighted by molar-refractivity contribution is -0.334. The second-order valence-electron chi connectivity index (χ2n) is 12.2. The Morgan fingerprint density at radius 2 is 1.82 bits per heavy atom. The topological polar surface area (TPSA) is 132 Å². The van der Waals surface area contributed by atoms with Crippen LogP contribution in [0.3, 0.4) is 0 Å². The van der Waals surface area contributed by atoms with Crippen molar-refractivity contribution in [3.8, 4) is 0 Å². The van der Waals surface area contributed by atoms with E-state index in [9.17, 15) is 19.5 Å². The number of nitrogens with one attached hydrogen (secondary N) is 2. The van der Waals surface area contributed by atoms with Crippen LogP contribution < -0.4 is 10.6 Å². The number of esters is 1. The molecule has 216 valence electrons. The fourth-order valence-electron chi connectivity index (χ4n) is 5.19. The summed E-state index contributed by atoms with van der Waals surface area (Å²) in [5, 5.41) is 16.6. The number of carbonyl (C=O) groups is 3. The van der Waals surface area contributed by atoms with E-state index in [2.05, 4.69) is 10.6 Å². The van der Waals surface area contributed by atoms with Crippen LogP contribution in [-0.4, -0.2) is 78.9 Å². The maximum Gasteiger partial charge on any atom is 0.309 e. The van der Waals surface area contributed by atoms with Gasteiger partial charge in [-0.3, -0.25) is 14.4 Å². The third kappa shape index (κ3) is 8.49. The normalized spacial score (nSPS) is 31.8. The molecule has 3 fully saturated rings. The van der Waals surface area contributed by atoms with Crippen LogP contribution in [0.2, 0.25) is 0 Å². The molecule has 3 aliphatic rings. The number of aliphatic hydroxyl groups is 1. The van der Waals surface area contributed by atoms with Gasteiger partial charge >= 0.3 is 5.97 Å². The van der Waals surface area contributed by atoms with Gasteiger partial charge in [-0.15, -0.1) is 0 Å². The highest BCUT2D eigenvalue weighted by molar-refractivity contribution is 5.90. The van der Waals surface area contributed by atoms with Crippen LogP contribution in [0.1, 0.15) is 79.6 Å². The third-order valence-corrected chi connectivity index (χ3v) is 7.25. The molecule has 3 rings (SSSR count). The van der Waals surface area contributed by atoms with Crippen molar-refractivity contribution in [2.45, 2.75) is 122 Å². The monoisotopic (exact) mass is 538 g/mol. The maximum atomic E-state index is 13.3. The molecule has 0 bridgehead atoms. The minimum absolute atomic E-state index is 0.0714. The molecule has 2 aliphatic heterocycles. The first-order valence-corrected chi connectivity index (χ1v) is 13.8. The summed E-state index contributed by atoms with van der Waals surface area (Å²) in [7, 11) is 1.36. The third-order valence-electron chi connectivity index (χ3n) is 7.25. The van der Waals surface area contributed by atoms with Gasteiger partial charge in [0.15, 0.2) is 11.9 Å². The Balaban J connectivity index is 1.62. The van der Waals surface area contributed by atoms with E-state index in [1.54, 1.807) is 19.9 Å². The highest BCUT2D eigenvalue weighted by Gasteiger charge is 2.48. The first-order chi connectivity index (χ1) is 17.8. The van der Waals surface area contributed by atoms with Crippen molar-refractivity contribution >= 4 is 17.8 Å². The highest BCUT2D eigenvalue weighted by Crippen LogP contribution is 2.31. The van der Waals surface area contributed by atoms with E-state index in [0.717, 1.165) is 32.1 Å². The predicted octanol–water partition coefficient (Wildman–Crippen LogP) is 2.37. The van der Waals surface area contributed by atoms with Crippen LogP contribution in [-0.2, 0) is 33.3 Å². The largest absolute Gasteiger partial charge is 0.460 e. The van der Waals surface area contributed by atoms with Crippen LogP contribution in [0, 0.1) is 11.3 Å². The number of ether oxygens (including phenoxy) is 4. The molecule has 0 aromatic heterocycles. The summed E-state index contributed by atoms with van der Waals surface area (Å²) < 4.78 is 23.0. The van der Waals surface area contributed by atoms with Gasteiger partial charge < -0.3 is 34.7 Å². The molecule has 0 unspecified atom stereocenters. The second-order valence-corrected chi connectivity index (χ2v) is 12.2. The van der Waals surface area contributed by atoms with Crippen molar-refractivity contribution in [3.05, 3.63) is 12.2 Å². The summed E-state index contributed by atoms with van der Waals surface area (Å²) in [5.41, 5.74) is -0.130. The van der Waals surface area contributed by atoms with E-state index in [0.29, 0.717) is 12.8 Å². The summed E-state index contributed by atoms with van der Waals surface area (Å²) in [6.45, 7) is 9.71. The van der Waals surface area contributed by atoms with Crippen molar-refractivity contribution < 1.29 is 38.4 Å². The van der Waals surface area contributed by atoms with E-state index < -0.39 is 48.3 Å². The summed E-state index contributed by atoms with van der Waals surface area (Å²) in [6.07, 6.45) is 4.81. The van der Waals surface area contributed by atoms with Gasteiger partial charge in [0, 0.05) is 7.11 Å². The van der Waals surface area contributed by atoms with Gasteiger partial charge in [0.2, 0.25) is 5.91 Å². The quantitative estimate of drug-likeness (QED) is 0.333. The second kappa shape index (κ2) is 12.9. The Kier molecular flexibility index (Phi) is 10.4. The van der Waals surface area contributed by atoms with E-state index in [4.69, 9.17) is 18.9 Å². The van der Waals surface area contributed by atoms with E-state index in [1.165, 1.54) is 7.11 Å². The van der Waals surface area contributed by atoms with Crippen molar-refractivity contribution in [1.29, 1.82) is 0 Å². The number of hydrogen-bond acceptors (Lipinski definition) is 8. The van der Waals surface area contributed by atoms with Crippen LogP contribution in [0.5, 0.6) is 0 Å². The Bertz CT molecular complexity index is 861. The molecule has 38 heavy (non-hydrogen) atoms. The van der Waals surface area contributed by atoms with Gasteiger partial charge in [-0.25, -0.2) is 0 Å². The molecule has 0 aromatic carbocycles. The zero-order valence-corrected chi connectivity index (χ0v) is 23.7. The number of rotatable bonds is 7. The molecule has 0 radical (unpaired) electrons. The maximum absolute atomic E-state index is 13.3. The summed E-state index contributed by atoms with van der Waals surface area (Å²) in [6, 6.07) is -0.833. The lowest BCUT2D eigenvalue weighted by atomic mass is 9.89. The van der Waals surface area contributed by atoms with Crippen LogP contribution in [0.4, 0.5) is 0 Å². The van der Waals surface area contributed by atoms with Crippen LogP contribution in [0.15, 0.2) is 12.2 Å².